The average molecular weight is 671 g/mol. The third-order valence-electron chi connectivity index (χ3n) is 10.1. The molecule has 0 spiro atoms. The number of nitrogens with one attached hydrogen (secondary N) is 2. The lowest BCUT2D eigenvalue weighted by atomic mass is 9.74. The van der Waals surface area contributed by atoms with Crippen LogP contribution in [0.1, 0.15) is 81.6 Å². The lowest BCUT2D eigenvalue weighted by Gasteiger charge is -2.47. The van der Waals surface area contributed by atoms with Crippen molar-refractivity contribution in [3.05, 3.63) is 0 Å². The SMILES string of the molecule is CCC(CNCC(=O)NC(C)C)[C@@H]1COC(=O)C(C)(C)C(=O)[C@H](C)[C@@H](O[C@@H]2O[C@H](C)C[C@H](N(C)C)[C@H]2O)[C@](C)(OC)C[C@@H](C)CN1C. The van der Waals surface area contributed by atoms with Gasteiger partial charge in [-0.1, -0.05) is 27.2 Å². The molecule has 12 heteroatoms. The van der Waals surface area contributed by atoms with Gasteiger partial charge < -0.3 is 39.6 Å². The van der Waals surface area contributed by atoms with Gasteiger partial charge in [-0.25, -0.2) is 0 Å². The summed E-state index contributed by atoms with van der Waals surface area (Å²) >= 11 is 0. The van der Waals surface area contributed by atoms with Crippen molar-refractivity contribution in [2.45, 2.75) is 130 Å². The number of nitrogens with zero attached hydrogens (tertiary/aromatic N) is 2. The number of carbonyl (C=O) groups is 3. The van der Waals surface area contributed by atoms with Crippen molar-refractivity contribution in [3.63, 3.8) is 0 Å². The molecule has 12 nitrogen and oxygen atoms in total. The molecule has 0 radical (unpaired) electrons. The summed E-state index contributed by atoms with van der Waals surface area (Å²) in [6.45, 7) is 18.4. The topological polar surface area (TPSA) is 139 Å². The number of ether oxygens (including phenoxy) is 4. The molecule has 2 heterocycles. The minimum absolute atomic E-state index is 0.0593. The highest BCUT2D eigenvalue weighted by molar-refractivity contribution is 6.04. The molecule has 0 aliphatic carbocycles. The summed E-state index contributed by atoms with van der Waals surface area (Å²) < 4.78 is 24.9. The Morgan fingerprint density at radius 3 is 2.36 bits per heavy atom. The Kier molecular flexibility index (Phi) is 15.7. The van der Waals surface area contributed by atoms with Gasteiger partial charge in [0.25, 0.3) is 0 Å². The van der Waals surface area contributed by atoms with Crippen molar-refractivity contribution in [2.24, 2.45) is 23.2 Å². The van der Waals surface area contributed by atoms with Crippen molar-refractivity contribution in [1.82, 2.24) is 20.4 Å². The molecular weight excluding hydrogens is 604 g/mol. The molecule has 2 rings (SSSR count). The molecule has 1 amide bonds. The fourth-order valence-corrected chi connectivity index (χ4v) is 7.36. The third-order valence-corrected chi connectivity index (χ3v) is 10.1. The largest absolute Gasteiger partial charge is 0.463 e. The van der Waals surface area contributed by atoms with Gasteiger partial charge in [0.2, 0.25) is 5.91 Å². The Morgan fingerprint density at radius 1 is 1.17 bits per heavy atom. The van der Waals surface area contributed by atoms with E-state index in [1.165, 1.54) is 0 Å². The van der Waals surface area contributed by atoms with E-state index in [-0.39, 0.29) is 60.9 Å². The first kappa shape index (κ1) is 41.5. The molecule has 2 aliphatic heterocycles. The highest BCUT2D eigenvalue weighted by Crippen LogP contribution is 2.38. The number of likely N-dealkylation sites (N-methyl/N-ethyl adjacent to an activating group) is 2. The Morgan fingerprint density at radius 2 is 1.81 bits per heavy atom. The fraction of sp³-hybridized carbons (Fsp3) is 0.914. The molecule has 0 saturated carbocycles. The fourth-order valence-electron chi connectivity index (χ4n) is 7.36. The van der Waals surface area contributed by atoms with E-state index < -0.39 is 41.4 Å². The van der Waals surface area contributed by atoms with Crippen LogP contribution in [0.15, 0.2) is 0 Å². The Labute approximate surface area is 283 Å². The summed E-state index contributed by atoms with van der Waals surface area (Å²) in [5.41, 5.74) is -2.44. The van der Waals surface area contributed by atoms with E-state index in [9.17, 15) is 19.5 Å². The summed E-state index contributed by atoms with van der Waals surface area (Å²) in [7, 11) is 7.46. The van der Waals surface area contributed by atoms with Crippen molar-refractivity contribution < 1.29 is 38.4 Å². The average Bonchev–Trinajstić information content (AvgIpc) is 2.98. The van der Waals surface area contributed by atoms with Gasteiger partial charge in [-0.05, 0) is 87.4 Å². The number of esters is 1. The van der Waals surface area contributed by atoms with Crippen LogP contribution in [-0.4, -0.2) is 135 Å². The minimum Gasteiger partial charge on any atom is -0.463 e. The van der Waals surface area contributed by atoms with Gasteiger partial charge in [-0.15, -0.1) is 0 Å². The summed E-state index contributed by atoms with van der Waals surface area (Å²) in [5.74, 6) is -1.65. The number of rotatable bonds is 11. The van der Waals surface area contributed by atoms with Crippen molar-refractivity contribution in [3.8, 4) is 0 Å². The number of aliphatic hydroxyl groups is 1. The summed E-state index contributed by atoms with van der Waals surface area (Å²) in [4.78, 5) is 44.4. The molecule has 2 aliphatic rings. The number of hydrogen-bond acceptors (Lipinski definition) is 11. The molecule has 0 aromatic carbocycles. The molecule has 0 bridgehead atoms. The van der Waals surface area contributed by atoms with E-state index >= 15 is 0 Å². The number of aliphatic hydroxyl groups excluding tert-OH is 1. The second kappa shape index (κ2) is 17.8. The van der Waals surface area contributed by atoms with Gasteiger partial charge in [-0.3, -0.25) is 19.3 Å². The Balaban J connectivity index is 2.45. The van der Waals surface area contributed by atoms with Crippen LogP contribution in [0, 0.1) is 23.2 Å². The van der Waals surface area contributed by atoms with Crippen LogP contribution in [0.5, 0.6) is 0 Å². The van der Waals surface area contributed by atoms with E-state index in [1.54, 1.807) is 27.9 Å². The molecule has 3 N–H and O–H groups in total. The normalized spacial score (nSPS) is 35.5. The van der Waals surface area contributed by atoms with Gasteiger partial charge >= 0.3 is 5.97 Å². The number of hydrogen-bond donors (Lipinski definition) is 3. The van der Waals surface area contributed by atoms with Crippen molar-refractivity contribution in [1.29, 1.82) is 0 Å². The molecule has 2 saturated heterocycles. The zero-order chi connectivity index (χ0) is 35.9. The monoisotopic (exact) mass is 670 g/mol. The van der Waals surface area contributed by atoms with Crippen molar-refractivity contribution >= 4 is 17.7 Å². The van der Waals surface area contributed by atoms with E-state index in [1.807, 2.05) is 53.7 Å². The van der Waals surface area contributed by atoms with Gasteiger partial charge in [0.15, 0.2) is 12.1 Å². The van der Waals surface area contributed by atoms with Crippen LogP contribution in [0.4, 0.5) is 0 Å². The predicted octanol–water partition coefficient (Wildman–Crippen LogP) is 2.46. The molecule has 2 fully saturated rings. The van der Waals surface area contributed by atoms with Crippen LogP contribution in [0.25, 0.3) is 0 Å². The maximum Gasteiger partial charge on any atom is 0.319 e. The number of amides is 1. The van der Waals surface area contributed by atoms with Crippen LogP contribution >= 0.6 is 0 Å². The van der Waals surface area contributed by atoms with Gasteiger partial charge in [0.05, 0.1) is 24.4 Å². The number of Topliss-reactive ketones (excluding diaryl/α,β-unsaturated/α-hetero) is 1. The van der Waals surface area contributed by atoms with E-state index in [0.29, 0.717) is 25.9 Å². The number of ketones is 1. The van der Waals surface area contributed by atoms with Crippen LogP contribution in [-0.2, 0) is 33.3 Å². The molecule has 1 unspecified atom stereocenters. The maximum absolute atomic E-state index is 14.2. The molecule has 0 aromatic rings. The van der Waals surface area contributed by atoms with Gasteiger partial charge in [-0.2, -0.15) is 0 Å². The number of carbonyl (C=O) groups excluding carboxylic acids is 3. The molecule has 10 atom stereocenters. The zero-order valence-electron chi connectivity index (χ0n) is 31.4. The van der Waals surface area contributed by atoms with Gasteiger partial charge in [0, 0.05) is 44.2 Å². The maximum atomic E-state index is 14.2. The highest BCUT2D eigenvalue weighted by Gasteiger charge is 2.51. The standard InChI is InChI=1S/C35H66N4O8/c1-14-25(17-36-18-28(40)37-21(2)3)27-20-45-33(43)34(7,8)30(42)24(6)31(35(9,44-13)16-22(4)19-39(27)12)47-32-29(41)26(38(10)11)15-23(5)46-32/h21-27,29,31-32,36,41H,14-20H2,1-13H3,(H,37,40)/t22-,23-,24+,25?,26+,27+,29-,31-,32+,35-/m1/s1. The van der Waals surface area contributed by atoms with Crippen LogP contribution in [0.3, 0.4) is 0 Å². The molecule has 274 valence electrons. The van der Waals surface area contributed by atoms with Crippen LogP contribution < -0.4 is 10.6 Å². The number of cyclic esters (lactones) is 1. The van der Waals surface area contributed by atoms with Gasteiger partial charge in [0.1, 0.15) is 18.1 Å². The summed E-state index contributed by atoms with van der Waals surface area (Å²) in [5, 5.41) is 17.5. The second-order valence-electron chi connectivity index (χ2n) is 15.4. The lowest BCUT2D eigenvalue weighted by molar-refractivity contribution is -0.295. The molecule has 47 heavy (non-hydrogen) atoms. The molecule has 0 aromatic heterocycles. The molecular formula is C35H66N4O8. The predicted molar refractivity (Wildman–Crippen MR) is 182 cm³/mol. The zero-order valence-corrected chi connectivity index (χ0v) is 31.4. The Bertz CT molecular complexity index is 1030. The smallest absolute Gasteiger partial charge is 0.319 e. The van der Waals surface area contributed by atoms with Crippen LogP contribution in [0.2, 0.25) is 0 Å². The van der Waals surface area contributed by atoms with E-state index in [0.717, 1.165) is 6.42 Å². The summed E-state index contributed by atoms with van der Waals surface area (Å²) in [6, 6.07) is -0.295. The van der Waals surface area contributed by atoms with E-state index in [2.05, 4.69) is 29.4 Å². The lowest BCUT2D eigenvalue weighted by Crippen LogP contribution is -2.59. The first-order valence-electron chi connectivity index (χ1n) is 17.4. The number of methoxy groups -OCH3 is 1. The van der Waals surface area contributed by atoms with Crippen molar-refractivity contribution in [2.75, 3.05) is 54.5 Å². The quantitative estimate of drug-likeness (QED) is 0.221. The Hall–Kier alpha value is -1.67. The summed E-state index contributed by atoms with van der Waals surface area (Å²) in [6.07, 6.45) is -0.987. The first-order chi connectivity index (χ1) is 21.8. The minimum atomic E-state index is -1.47. The van der Waals surface area contributed by atoms with E-state index in [4.69, 9.17) is 18.9 Å². The third kappa shape index (κ3) is 10.9. The first-order valence-corrected chi connectivity index (χ1v) is 17.4. The highest BCUT2D eigenvalue weighted by atomic mass is 16.7. The second-order valence-corrected chi connectivity index (χ2v) is 15.4.